The van der Waals surface area contributed by atoms with E-state index in [2.05, 4.69) is 16.0 Å². The topological polar surface area (TPSA) is 253 Å². The summed E-state index contributed by atoms with van der Waals surface area (Å²) in [6.45, 7) is -3.59. The van der Waals surface area contributed by atoms with Gasteiger partial charge in [-0.2, -0.15) is 65.9 Å². The molecule has 107 heavy (non-hydrogen) atoms. The molecular formula is C66H45F18N6O16P. The van der Waals surface area contributed by atoms with Gasteiger partial charge < -0.3 is 44.4 Å². The van der Waals surface area contributed by atoms with Gasteiger partial charge in [0.2, 0.25) is 0 Å². The van der Waals surface area contributed by atoms with Gasteiger partial charge in [-0.3, -0.25) is 56.0 Å². The Morgan fingerprint density at radius 3 is 0.822 bits per heavy atom. The summed E-state index contributed by atoms with van der Waals surface area (Å²) in [5.74, 6) is -28.9. The van der Waals surface area contributed by atoms with Gasteiger partial charge in [0.15, 0.2) is 34.5 Å². The number of phosphoric ester groups is 1. The normalized spacial score (nSPS) is 12.3. The zero-order valence-electron chi connectivity index (χ0n) is 53.8. The van der Waals surface area contributed by atoms with Gasteiger partial charge in [0, 0.05) is 88.7 Å². The highest BCUT2D eigenvalue weighted by Gasteiger charge is 2.61. The van der Waals surface area contributed by atoms with Gasteiger partial charge in [-0.1, -0.05) is 18.2 Å². The van der Waals surface area contributed by atoms with Crippen LogP contribution < -0.4 is 61.0 Å². The van der Waals surface area contributed by atoms with Crippen molar-refractivity contribution in [2.45, 2.75) is 56.5 Å². The number of nitrogens with zero attached hydrogens (tertiary/aromatic N) is 3. The fourth-order valence-electron chi connectivity index (χ4n) is 9.18. The second-order valence-electron chi connectivity index (χ2n) is 21.8. The Balaban J connectivity index is 0.976. The number of carbonyl (C=O) groups is 3. The number of nitrogens with one attached hydrogen (secondary N) is 3. The number of ether oxygens (including phenoxy) is 6. The second-order valence-corrected chi connectivity index (χ2v) is 23.5. The van der Waals surface area contributed by atoms with Crippen molar-refractivity contribution in [3.05, 3.63) is 246 Å². The lowest BCUT2D eigenvalue weighted by atomic mass is 10.0. The summed E-state index contributed by atoms with van der Waals surface area (Å²) in [6.07, 6.45) is -16.0. The van der Waals surface area contributed by atoms with Crippen LogP contribution in [-0.4, -0.2) is 71.3 Å². The number of hydrogen-bond acceptors (Lipinski definition) is 16. The van der Waals surface area contributed by atoms with E-state index in [4.69, 9.17) is 42.0 Å². The van der Waals surface area contributed by atoms with Crippen molar-refractivity contribution in [1.29, 1.82) is 0 Å². The number of benzene rings is 6. The quantitative estimate of drug-likeness (QED) is 0.0319. The number of carbonyl (C=O) groups excluding carboxylic acids is 3. The van der Waals surface area contributed by atoms with Gasteiger partial charge in [0.05, 0.1) is 38.0 Å². The average molecular weight is 1550 g/mol. The molecule has 0 fully saturated rings. The summed E-state index contributed by atoms with van der Waals surface area (Å²) in [7, 11) is -2.35. The van der Waals surface area contributed by atoms with Crippen molar-refractivity contribution >= 4 is 42.6 Å². The Labute approximate surface area is 586 Å². The number of phosphoric acid groups is 1. The molecule has 0 radical (unpaired) electrons. The van der Waals surface area contributed by atoms with E-state index in [0.29, 0.717) is 50.1 Å². The standard InChI is InChI=1S/C66H45F18N6O16P/c1-98-52-25-37(67)7-13-46(52)104-49-22-34(61(70,71)64(76,77)78)4-10-43(49)58(94)85-40-16-19-88(55(91)28-40)31-101-107(97,102-32-89-20-17-41(29-56(89)92)86-59(95)44-11-5-35(62(72,73)65(79,80)81)23-50(44)105-47-14-8-38(68)26-53(47)99-2)103-33-90-21-18-42(30-57(90)93)87-60(96)45-12-6-36(63(74,75)66(82,83)84)24-51(45)106-48-15-9-39(69)27-54(48)100-3/h4-30H,31-33H2,1-3H3,(H,85,94)(H,86,95)(H,87,96). The first-order chi connectivity index (χ1) is 50.0. The highest BCUT2D eigenvalue weighted by Crippen LogP contribution is 2.52. The summed E-state index contributed by atoms with van der Waals surface area (Å²) < 4.78 is 316. The van der Waals surface area contributed by atoms with Crippen LogP contribution in [0.4, 0.5) is 96.1 Å². The van der Waals surface area contributed by atoms with E-state index in [1.165, 1.54) is 0 Å². The van der Waals surface area contributed by atoms with Crippen LogP contribution in [-0.2, 0) is 56.1 Å². The second kappa shape index (κ2) is 31.1. The van der Waals surface area contributed by atoms with Crippen LogP contribution in [0.5, 0.6) is 51.7 Å². The summed E-state index contributed by atoms with van der Waals surface area (Å²) in [4.78, 5) is 81.9. The molecule has 0 unspecified atom stereocenters. The Hall–Kier alpha value is -11.8. The molecule has 3 N–H and O–H groups in total. The number of halogens is 18. The van der Waals surface area contributed by atoms with Gasteiger partial charge in [-0.15, -0.1) is 0 Å². The summed E-state index contributed by atoms with van der Waals surface area (Å²) in [5.41, 5.74) is -12.2. The lowest BCUT2D eigenvalue weighted by molar-refractivity contribution is -0.289. The van der Waals surface area contributed by atoms with Gasteiger partial charge in [0.25, 0.3) is 34.4 Å². The number of methoxy groups -OCH3 is 3. The highest BCUT2D eigenvalue weighted by atomic mass is 31.2. The fraction of sp³-hybridized carbons (Fsp3) is 0.182. The molecule has 3 heterocycles. The summed E-state index contributed by atoms with van der Waals surface area (Å²) in [6, 6.07) is 14.8. The maximum Gasteiger partial charge on any atom is 0.480 e. The van der Waals surface area contributed by atoms with Crippen LogP contribution in [0.1, 0.15) is 47.8 Å². The molecule has 6 aromatic carbocycles. The zero-order valence-corrected chi connectivity index (χ0v) is 54.7. The van der Waals surface area contributed by atoms with Crippen LogP contribution in [0.25, 0.3) is 0 Å². The molecule has 0 saturated heterocycles. The first-order valence-corrected chi connectivity index (χ1v) is 30.9. The number of hydrogen-bond donors (Lipinski definition) is 3. The van der Waals surface area contributed by atoms with Gasteiger partial charge in [-0.25, -0.2) is 17.7 Å². The predicted molar refractivity (Wildman–Crippen MR) is 335 cm³/mol. The molecule has 0 atom stereocenters. The van der Waals surface area contributed by atoms with Gasteiger partial charge in [-0.05, 0) is 91.0 Å². The van der Waals surface area contributed by atoms with E-state index < -0.39 is 218 Å². The lowest BCUT2D eigenvalue weighted by Gasteiger charge is -2.22. The number of anilines is 3. The molecule has 0 spiro atoms. The van der Waals surface area contributed by atoms with Gasteiger partial charge in [0.1, 0.15) is 54.9 Å². The van der Waals surface area contributed by atoms with E-state index in [-0.39, 0.29) is 36.4 Å². The molecule has 0 aliphatic rings. The summed E-state index contributed by atoms with van der Waals surface area (Å²) >= 11 is 0. The Kier molecular flexibility index (Phi) is 23.1. The number of pyridine rings is 3. The largest absolute Gasteiger partial charge is 0.493 e. The third-order valence-electron chi connectivity index (χ3n) is 14.7. The monoisotopic (exact) mass is 1550 g/mol. The highest BCUT2D eigenvalue weighted by molar-refractivity contribution is 7.48. The lowest BCUT2D eigenvalue weighted by Crippen LogP contribution is -2.33. The van der Waals surface area contributed by atoms with E-state index in [1.54, 1.807) is 0 Å². The molecule has 566 valence electrons. The first kappa shape index (κ1) is 79.3. The van der Waals surface area contributed by atoms with Crippen molar-refractivity contribution in [3.8, 4) is 51.7 Å². The maximum absolute atomic E-state index is 14.6. The third kappa shape index (κ3) is 18.1. The first-order valence-electron chi connectivity index (χ1n) is 29.5. The summed E-state index contributed by atoms with van der Waals surface area (Å²) in [5, 5.41) is 6.57. The molecule has 0 bridgehead atoms. The molecule has 3 aromatic heterocycles. The Bertz CT molecular complexity index is 4630. The molecule has 0 aliphatic heterocycles. The smallest absolute Gasteiger partial charge is 0.480 e. The van der Waals surface area contributed by atoms with Crippen LogP contribution in [0, 0.1) is 17.5 Å². The number of rotatable bonds is 27. The van der Waals surface area contributed by atoms with Crippen molar-refractivity contribution in [3.63, 3.8) is 0 Å². The molecule has 9 rings (SSSR count). The van der Waals surface area contributed by atoms with Crippen LogP contribution >= 0.6 is 7.82 Å². The third-order valence-corrected chi connectivity index (χ3v) is 16.0. The molecule has 3 amide bonds. The Morgan fingerprint density at radius 1 is 0.346 bits per heavy atom. The molecule has 22 nitrogen and oxygen atoms in total. The minimum atomic E-state index is -6.16. The van der Waals surface area contributed by atoms with Crippen molar-refractivity contribution < 1.29 is 140 Å². The fourth-order valence-corrected chi connectivity index (χ4v) is 10.2. The average Bonchev–Trinajstić information content (AvgIpc) is 0.784. The number of aromatic nitrogens is 3. The zero-order chi connectivity index (χ0) is 78.5. The van der Waals surface area contributed by atoms with Gasteiger partial charge >= 0.3 is 44.1 Å². The molecule has 0 saturated carbocycles. The van der Waals surface area contributed by atoms with Crippen LogP contribution in [0.2, 0.25) is 0 Å². The molecule has 41 heteroatoms. The van der Waals surface area contributed by atoms with Crippen molar-refractivity contribution in [2.75, 3.05) is 37.3 Å². The molecule has 9 aromatic rings. The maximum atomic E-state index is 14.6. The predicted octanol–water partition coefficient (Wildman–Crippen LogP) is 16.1. The van der Waals surface area contributed by atoms with Crippen LogP contribution in [0.15, 0.2) is 179 Å². The SMILES string of the molecule is COc1cc(F)ccc1Oc1cc(C(F)(F)C(F)(F)F)ccc1C(=O)Nc1ccn(COP(=O)(OCn2ccc(NC(=O)c3ccc(C(F)(F)C(F)(F)F)cc3Oc3ccc(F)cc3OC)cc2=O)OCn2ccc(NC(=O)c3ccc(C(F)(F)C(F)(F)F)cc3Oc3ccc(F)cc3OC)cc2=O)c(=O)c1. The minimum Gasteiger partial charge on any atom is -0.493 e. The van der Waals surface area contributed by atoms with Crippen molar-refractivity contribution in [2.24, 2.45) is 0 Å². The molecular weight excluding hydrogens is 1510 g/mol. The van der Waals surface area contributed by atoms with E-state index in [9.17, 15) is 112 Å². The van der Waals surface area contributed by atoms with E-state index >= 15 is 0 Å². The Morgan fingerprint density at radius 2 is 0.598 bits per heavy atom. The van der Waals surface area contributed by atoms with Crippen LogP contribution in [0.3, 0.4) is 0 Å². The molecule has 0 aliphatic carbocycles. The number of alkyl halides is 15. The minimum absolute atomic E-state index is 0.163. The van der Waals surface area contributed by atoms with E-state index in [1.807, 2.05) is 0 Å². The van der Waals surface area contributed by atoms with E-state index in [0.717, 1.165) is 113 Å². The number of amides is 3. The van der Waals surface area contributed by atoms with Crippen molar-refractivity contribution in [1.82, 2.24) is 13.7 Å².